The predicted octanol–water partition coefficient (Wildman–Crippen LogP) is 5.98. The molecule has 0 aliphatic carbocycles. The number of aromatic nitrogens is 2. The summed E-state index contributed by atoms with van der Waals surface area (Å²) in [5.74, 6) is 0.478. The Hall–Kier alpha value is -2.13. The van der Waals surface area contributed by atoms with E-state index in [4.69, 9.17) is 27.9 Å². The molecule has 0 fully saturated rings. The summed E-state index contributed by atoms with van der Waals surface area (Å²) in [7, 11) is 0. The number of hydrogen-bond acceptors (Lipinski definition) is 6. The molecule has 1 aromatic heterocycles. The summed E-state index contributed by atoms with van der Waals surface area (Å²) < 4.78 is 6.76. The van der Waals surface area contributed by atoms with E-state index in [0.29, 0.717) is 26.5 Å². The number of hydrazone groups is 1. The summed E-state index contributed by atoms with van der Waals surface area (Å²) in [6.45, 7) is 4.04. The third-order valence-corrected chi connectivity index (χ3v) is 5.98. The summed E-state index contributed by atoms with van der Waals surface area (Å²) in [6, 6.07) is 12.6. The summed E-state index contributed by atoms with van der Waals surface area (Å²) in [5.41, 5.74) is 5.73. The minimum Gasteiger partial charge on any atom is -0.488 e. The van der Waals surface area contributed by atoms with Crippen LogP contribution < -0.4 is 10.2 Å². The van der Waals surface area contributed by atoms with Crippen molar-refractivity contribution < 1.29 is 9.53 Å². The SMILES string of the molecule is Cc1cc(C)nc(SCC(=O)N/N=C\c2cc(Br)ccc2OCc2ccc(Cl)cc2Cl)n1. The first-order chi connectivity index (χ1) is 15.3. The maximum absolute atomic E-state index is 12.1. The van der Waals surface area contributed by atoms with Crippen molar-refractivity contribution in [3.8, 4) is 5.75 Å². The number of benzene rings is 2. The largest absolute Gasteiger partial charge is 0.488 e. The van der Waals surface area contributed by atoms with Crippen LogP contribution in [0.4, 0.5) is 0 Å². The van der Waals surface area contributed by atoms with Gasteiger partial charge in [-0.1, -0.05) is 57.0 Å². The Labute approximate surface area is 208 Å². The van der Waals surface area contributed by atoms with E-state index in [2.05, 4.69) is 36.4 Å². The number of ether oxygens (including phenoxy) is 1. The van der Waals surface area contributed by atoms with Crippen LogP contribution in [-0.2, 0) is 11.4 Å². The molecule has 1 amide bonds. The smallest absolute Gasteiger partial charge is 0.250 e. The average Bonchev–Trinajstić information content (AvgIpc) is 2.72. The number of carbonyl (C=O) groups is 1. The zero-order valence-electron chi connectivity index (χ0n) is 17.2. The van der Waals surface area contributed by atoms with Gasteiger partial charge in [-0.15, -0.1) is 0 Å². The Morgan fingerprint density at radius 3 is 2.62 bits per heavy atom. The van der Waals surface area contributed by atoms with Gasteiger partial charge < -0.3 is 4.74 Å². The van der Waals surface area contributed by atoms with Crippen LogP contribution in [0.2, 0.25) is 10.0 Å². The van der Waals surface area contributed by atoms with Crippen LogP contribution in [0, 0.1) is 13.8 Å². The topological polar surface area (TPSA) is 76.5 Å². The highest BCUT2D eigenvalue weighted by Gasteiger charge is 2.08. The molecule has 0 saturated heterocycles. The van der Waals surface area contributed by atoms with E-state index in [1.165, 1.54) is 18.0 Å². The Balaban J connectivity index is 1.59. The lowest BCUT2D eigenvalue weighted by atomic mass is 10.2. The first-order valence-corrected chi connectivity index (χ1v) is 12.0. The highest BCUT2D eigenvalue weighted by atomic mass is 79.9. The molecular weight excluding hydrogens is 535 g/mol. The zero-order chi connectivity index (χ0) is 23.1. The van der Waals surface area contributed by atoms with Gasteiger partial charge in [-0.25, -0.2) is 15.4 Å². The molecule has 3 aromatic rings. The maximum atomic E-state index is 12.1. The van der Waals surface area contributed by atoms with E-state index >= 15 is 0 Å². The normalized spacial score (nSPS) is 11.0. The molecule has 1 N–H and O–H groups in total. The molecule has 0 atom stereocenters. The highest BCUT2D eigenvalue weighted by molar-refractivity contribution is 9.10. The Morgan fingerprint density at radius 1 is 1.16 bits per heavy atom. The molecule has 0 unspecified atom stereocenters. The van der Waals surface area contributed by atoms with Crippen molar-refractivity contribution in [1.29, 1.82) is 0 Å². The van der Waals surface area contributed by atoms with E-state index in [1.807, 2.05) is 44.2 Å². The van der Waals surface area contributed by atoms with Crippen LogP contribution in [0.5, 0.6) is 5.75 Å². The molecule has 6 nitrogen and oxygen atoms in total. The molecule has 0 bridgehead atoms. The molecule has 2 aromatic carbocycles. The van der Waals surface area contributed by atoms with Gasteiger partial charge in [0, 0.05) is 37.0 Å². The number of nitrogens with one attached hydrogen (secondary N) is 1. The van der Waals surface area contributed by atoms with Crippen LogP contribution in [-0.4, -0.2) is 27.8 Å². The van der Waals surface area contributed by atoms with Crippen molar-refractivity contribution in [2.45, 2.75) is 25.6 Å². The average molecular weight is 554 g/mol. The van der Waals surface area contributed by atoms with Crippen LogP contribution >= 0.6 is 50.9 Å². The first-order valence-electron chi connectivity index (χ1n) is 9.43. The van der Waals surface area contributed by atoms with Gasteiger partial charge >= 0.3 is 0 Å². The second-order valence-electron chi connectivity index (χ2n) is 6.72. The molecule has 166 valence electrons. The highest BCUT2D eigenvalue weighted by Crippen LogP contribution is 2.26. The fourth-order valence-electron chi connectivity index (χ4n) is 2.64. The van der Waals surface area contributed by atoms with Gasteiger partial charge in [0.05, 0.1) is 12.0 Å². The maximum Gasteiger partial charge on any atom is 0.250 e. The molecule has 0 radical (unpaired) electrons. The third-order valence-electron chi connectivity index (χ3n) is 4.06. The summed E-state index contributed by atoms with van der Waals surface area (Å²) in [6.07, 6.45) is 1.53. The third kappa shape index (κ3) is 7.48. The van der Waals surface area contributed by atoms with Crippen molar-refractivity contribution in [2.24, 2.45) is 5.10 Å². The van der Waals surface area contributed by atoms with Crippen LogP contribution in [0.1, 0.15) is 22.5 Å². The van der Waals surface area contributed by atoms with Gasteiger partial charge in [-0.3, -0.25) is 4.79 Å². The molecular formula is C22H19BrCl2N4O2S. The number of carbonyl (C=O) groups excluding carboxylic acids is 1. The van der Waals surface area contributed by atoms with E-state index in [-0.39, 0.29) is 18.3 Å². The number of thioether (sulfide) groups is 1. The molecule has 0 spiro atoms. The molecule has 0 aliphatic heterocycles. The van der Waals surface area contributed by atoms with E-state index in [1.54, 1.807) is 12.1 Å². The monoisotopic (exact) mass is 552 g/mol. The first kappa shape index (κ1) is 24.5. The van der Waals surface area contributed by atoms with E-state index < -0.39 is 0 Å². The lowest BCUT2D eigenvalue weighted by Gasteiger charge is -2.11. The van der Waals surface area contributed by atoms with Crippen molar-refractivity contribution >= 4 is 63.0 Å². The fraction of sp³-hybridized carbons (Fsp3) is 0.182. The quantitative estimate of drug-likeness (QED) is 0.160. The van der Waals surface area contributed by atoms with E-state index in [0.717, 1.165) is 21.4 Å². The fourth-order valence-corrected chi connectivity index (χ4v) is 4.22. The van der Waals surface area contributed by atoms with Gasteiger partial charge in [-0.05, 0) is 50.2 Å². The van der Waals surface area contributed by atoms with Crippen LogP contribution in [0.15, 0.2) is 57.2 Å². The van der Waals surface area contributed by atoms with Crippen molar-refractivity contribution in [1.82, 2.24) is 15.4 Å². The second kappa shape index (κ2) is 11.7. The minimum atomic E-state index is -0.264. The summed E-state index contributed by atoms with van der Waals surface area (Å²) in [5, 5.41) is 5.71. The van der Waals surface area contributed by atoms with Gasteiger partial charge in [0.2, 0.25) is 0 Å². The molecule has 1 heterocycles. The predicted molar refractivity (Wildman–Crippen MR) is 133 cm³/mol. The number of nitrogens with zero attached hydrogens (tertiary/aromatic N) is 3. The Morgan fingerprint density at radius 2 is 1.91 bits per heavy atom. The second-order valence-corrected chi connectivity index (χ2v) is 9.42. The number of halogens is 3. The van der Waals surface area contributed by atoms with Crippen LogP contribution in [0.3, 0.4) is 0 Å². The van der Waals surface area contributed by atoms with Crippen LogP contribution in [0.25, 0.3) is 0 Å². The lowest BCUT2D eigenvalue weighted by Crippen LogP contribution is -2.20. The van der Waals surface area contributed by atoms with Gasteiger partial charge in [0.1, 0.15) is 12.4 Å². The molecule has 0 saturated carbocycles. The van der Waals surface area contributed by atoms with E-state index in [9.17, 15) is 4.79 Å². The summed E-state index contributed by atoms with van der Waals surface area (Å²) in [4.78, 5) is 20.7. The molecule has 0 aliphatic rings. The minimum absolute atomic E-state index is 0.150. The van der Waals surface area contributed by atoms with Crippen molar-refractivity contribution in [3.05, 3.63) is 79.5 Å². The number of aryl methyl sites for hydroxylation is 2. The summed E-state index contributed by atoms with van der Waals surface area (Å²) >= 11 is 16.8. The van der Waals surface area contributed by atoms with Crippen molar-refractivity contribution in [3.63, 3.8) is 0 Å². The van der Waals surface area contributed by atoms with Crippen molar-refractivity contribution in [2.75, 3.05) is 5.75 Å². The number of amides is 1. The molecule has 3 rings (SSSR count). The Bertz CT molecular complexity index is 1140. The standard InChI is InChI=1S/C22H19BrCl2N4O2S/c1-13-7-14(2)28-22(27-13)32-12-21(30)29-26-10-16-8-17(23)4-6-20(16)31-11-15-3-5-18(24)9-19(15)25/h3-10H,11-12H2,1-2H3,(H,29,30)/b26-10-. The van der Waals surface area contributed by atoms with Gasteiger partial charge in [0.25, 0.3) is 5.91 Å². The number of rotatable bonds is 8. The van der Waals surface area contributed by atoms with Gasteiger partial charge in [-0.2, -0.15) is 5.10 Å². The lowest BCUT2D eigenvalue weighted by molar-refractivity contribution is -0.118. The number of hydrogen-bond donors (Lipinski definition) is 1. The molecule has 10 heteroatoms. The Kier molecular flexibility index (Phi) is 8.92. The van der Waals surface area contributed by atoms with Gasteiger partial charge in [0.15, 0.2) is 5.16 Å². The zero-order valence-corrected chi connectivity index (χ0v) is 21.1. The molecule has 32 heavy (non-hydrogen) atoms.